The molecule has 1 aliphatic heterocycles. The van der Waals surface area contributed by atoms with Crippen LogP contribution in [0.4, 0.5) is 4.39 Å². The Hall–Kier alpha value is -1.91. The number of nitrogens with zero attached hydrogens (tertiary/aromatic N) is 1. The molecule has 1 aromatic carbocycles. The van der Waals surface area contributed by atoms with Gasteiger partial charge in [-0.05, 0) is 31.9 Å². The lowest BCUT2D eigenvalue weighted by Crippen LogP contribution is -2.49. The molecule has 20 heavy (non-hydrogen) atoms. The number of halogens is 1. The van der Waals surface area contributed by atoms with Gasteiger partial charge in [-0.3, -0.25) is 9.59 Å². The van der Waals surface area contributed by atoms with Crippen molar-refractivity contribution in [1.29, 1.82) is 0 Å². The highest BCUT2D eigenvalue weighted by Crippen LogP contribution is 2.17. The van der Waals surface area contributed by atoms with Gasteiger partial charge in [0.15, 0.2) is 0 Å². The summed E-state index contributed by atoms with van der Waals surface area (Å²) < 4.78 is 13.8. The van der Waals surface area contributed by atoms with Crippen LogP contribution in [0.5, 0.6) is 0 Å². The van der Waals surface area contributed by atoms with Gasteiger partial charge in [0.05, 0.1) is 5.56 Å². The molecule has 1 aromatic rings. The molecule has 108 valence electrons. The summed E-state index contributed by atoms with van der Waals surface area (Å²) in [5, 5.41) is 2.82. The number of carbonyl (C=O) groups excluding carboxylic acids is 2. The molecule has 0 aromatic heterocycles. The Balaban J connectivity index is 2.12. The predicted molar refractivity (Wildman–Crippen MR) is 73.9 cm³/mol. The predicted octanol–water partition coefficient (Wildman–Crippen LogP) is 1.87. The Bertz CT molecular complexity index is 531. The second kappa shape index (κ2) is 6.03. The third-order valence-electron chi connectivity index (χ3n) is 3.47. The molecule has 0 bridgehead atoms. The molecule has 1 atom stereocenters. The number of carbonyl (C=O) groups is 2. The van der Waals surface area contributed by atoms with E-state index in [-0.39, 0.29) is 23.4 Å². The van der Waals surface area contributed by atoms with Crippen LogP contribution in [0.1, 0.15) is 35.7 Å². The first-order chi connectivity index (χ1) is 9.47. The van der Waals surface area contributed by atoms with E-state index in [1.807, 2.05) is 6.92 Å². The monoisotopic (exact) mass is 278 g/mol. The van der Waals surface area contributed by atoms with Crippen LogP contribution in [0.2, 0.25) is 0 Å². The summed E-state index contributed by atoms with van der Waals surface area (Å²) in [4.78, 5) is 25.1. The summed E-state index contributed by atoms with van der Waals surface area (Å²) in [6.07, 6.45) is 1.66. The lowest BCUT2D eigenvalue weighted by molar-refractivity contribution is -0.120. The van der Waals surface area contributed by atoms with Crippen molar-refractivity contribution < 1.29 is 14.0 Å². The molecule has 5 heteroatoms. The molecule has 4 nitrogen and oxygen atoms in total. The van der Waals surface area contributed by atoms with Gasteiger partial charge >= 0.3 is 0 Å². The van der Waals surface area contributed by atoms with E-state index in [4.69, 9.17) is 0 Å². The molecule has 1 saturated heterocycles. The normalized spacial score (nSPS) is 18.8. The number of benzene rings is 1. The summed E-state index contributed by atoms with van der Waals surface area (Å²) in [5.74, 6) is -0.908. The van der Waals surface area contributed by atoms with Crippen molar-refractivity contribution in [3.63, 3.8) is 0 Å². The van der Waals surface area contributed by atoms with E-state index in [0.717, 1.165) is 18.4 Å². The number of nitrogens with one attached hydrogen (secondary N) is 1. The summed E-state index contributed by atoms with van der Waals surface area (Å²) >= 11 is 0. The highest BCUT2D eigenvalue weighted by atomic mass is 19.1. The first kappa shape index (κ1) is 14.5. The fourth-order valence-electron chi connectivity index (χ4n) is 2.54. The summed E-state index contributed by atoms with van der Waals surface area (Å²) in [5.41, 5.74) is 0.957. The molecule has 0 radical (unpaired) electrons. The zero-order valence-corrected chi connectivity index (χ0v) is 11.8. The average Bonchev–Trinajstić information content (AvgIpc) is 2.40. The van der Waals surface area contributed by atoms with Crippen LogP contribution in [0.15, 0.2) is 18.2 Å². The van der Waals surface area contributed by atoms with Crippen molar-refractivity contribution in [1.82, 2.24) is 10.2 Å². The Morgan fingerprint density at radius 1 is 1.40 bits per heavy atom. The van der Waals surface area contributed by atoms with Gasteiger partial charge in [0.25, 0.3) is 5.91 Å². The van der Waals surface area contributed by atoms with Crippen molar-refractivity contribution in [3.05, 3.63) is 35.1 Å². The summed E-state index contributed by atoms with van der Waals surface area (Å²) in [7, 11) is 0. The molecule has 1 heterocycles. The minimum Gasteiger partial charge on any atom is -0.352 e. The SMILES string of the molecule is CC(=O)NC1CCCN(C(=O)c2cc(C)ccc2F)C1. The van der Waals surface area contributed by atoms with Gasteiger partial charge in [-0.2, -0.15) is 0 Å². The maximum absolute atomic E-state index is 13.8. The van der Waals surface area contributed by atoms with E-state index in [2.05, 4.69) is 5.32 Å². The molecule has 0 saturated carbocycles. The number of amides is 2. The smallest absolute Gasteiger partial charge is 0.256 e. The Kier molecular flexibility index (Phi) is 4.37. The fourth-order valence-corrected chi connectivity index (χ4v) is 2.54. The minimum absolute atomic E-state index is 0.0435. The molecular weight excluding hydrogens is 259 g/mol. The quantitative estimate of drug-likeness (QED) is 0.898. The lowest BCUT2D eigenvalue weighted by atomic mass is 10.0. The van der Waals surface area contributed by atoms with Gasteiger partial charge in [0, 0.05) is 26.1 Å². The van der Waals surface area contributed by atoms with Crippen LogP contribution in [-0.4, -0.2) is 35.8 Å². The van der Waals surface area contributed by atoms with Crippen LogP contribution in [-0.2, 0) is 4.79 Å². The lowest BCUT2D eigenvalue weighted by Gasteiger charge is -2.33. The third-order valence-corrected chi connectivity index (χ3v) is 3.47. The zero-order valence-electron chi connectivity index (χ0n) is 11.8. The van der Waals surface area contributed by atoms with Crippen molar-refractivity contribution >= 4 is 11.8 Å². The Morgan fingerprint density at radius 3 is 2.85 bits per heavy atom. The first-order valence-corrected chi connectivity index (χ1v) is 6.80. The molecule has 2 amide bonds. The van der Waals surface area contributed by atoms with Gasteiger partial charge in [-0.25, -0.2) is 4.39 Å². The van der Waals surface area contributed by atoms with Crippen molar-refractivity contribution in [3.8, 4) is 0 Å². The molecule has 0 spiro atoms. The van der Waals surface area contributed by atoms with E-state index in [1.54, 1.807) is 17.0 Å². The minimum atomic E-state index is -0.498. The standard InChI is InChI=1S/C15H19FN2O2/c1-10-5-6-14(16)13(8-10)15(20)18-7-3-4-12(9-18)17-11(2)19/h5-6,8,12H,3-4,7,9H2,1-2H3,(H,17,19). The largest absolute Gasteiger partial charge is 0.352 e. The molecule has 1 N–H and O–H groups in total. The number of rotatable bonds is 2. The van der Waals surface area contributed by atoms with Crippen molar-refractivity contribution in [2.24, 2.45) is 0 Å². The van der Waals surface area contributed by atoms with E-state index in [9.17, 15) is 14.0 Å². The van der Waals surface area contributed by atoms with Crippen LogP contribution < -0.4 is 5.32 Å². The van der Waals surface area contributed by atoms with Crippen molar-refractivity contribution in [2.75, 3.05) is 13.1 Å². The van der Waals surface area contributed by atoms with E-state index in [0.29, 0.717) is 13.1 Å². The number of hydrogen-bond donors (Lipinski definition) is 1. The summed E-state index contributed by atoms with van der Waals surface area (Å²) in [6.45, 7) is 4.32. The first-order valence-electron chi connectivity index (χ1n) is 6.80. The Labute approximate surface area is 118 Å². The van der Waals surface area contributed by atoms with Crippen LogP contribution in [0.3, 0.4) is 0 Å². The maximum Gasteiger partial charge on any atom is 0.256 e. The highest BCUT2D eigenvalue weighted by Gasteiger charge is 2.26. The van der Waals surface area contributed by atoms with E-state index < -0.39 is 5.82 Å². The molecule has 1 unspecified atom stereocenters. The van der Waals surface area contributed by atoms with Gasteiger partial charge in [-0.15, -0.1) is 0 Å². The van der Waals surface area contributed by atoms with Gasteiger partial charge in [-0.1, -0.05) is 11.6 Å². The van der Waals surface area contributed by atoms with Gasteiger partial charge in [0.2, 0.25) is 5.91 Å². The Morgan fingerprint density at radius 2 is 2.15 bits per heavy atom. The number of hydrogen-bond acceptors (Lipinski definition) is 2. The van der Waals surface area contributed by atoms with Gasteiger partial charge < -0.3 is 10.2 Å². The third kappa shape index (κ3) is 3.35. The van der Waals surface area contributed by atoms with Crippen LogP contribution in [0, 0.1) is 12.7 Å². The van der Waals surface area contributed by atoms with E-state index in [1.165, 1.54) is 13.0 Å². The number of likely N-dealkylation sites (tertiary alicyclic amines) is 1. The summed E-state index contributed by atoms with van der Waals surface area (Å²) in [6, 6.07) is 4.48. The fraction of sp³-hybridized carbons (Fsp3) is 0.467. The van der Waals surface area contributed by atoms with Crippen LogP contribution >= 0.6 is 0 Å². The highest BCUT2D eigenvalue weighted by molar-refractivity contribution is 5.94. The van der Waals surface area contributed by atoms with E-state index >= 15 is 0 Å². The van der Waals surface area contributed by atoms with Crippen LogP contribution in [0.25, 0.3) is 0 Å². The second-order valence-corrected chi connectivity index (χ2v) is 5.27. The molecule has 1 aliphatic rings. The molecule has 2 rings (SSSR count). The van der Waals surface area contributed by atoms with Crippen molar-refractivity contribution in [2.45, 2.75) is 32.7 Å². The topological polar surface area (TPSA) is 49.4 Å². The number of piperidine rings is 1. The molecular formula is C15H19FN2O2. The van der Waals surface area contributed by atoms with Gasteiger partial charge in [0.1, 0.15) is 5.82 Å². The average molecular weight is 278 g/mol. The molecule has 1 fully saturated rings. The number of aryl methyl sites for hydroxylation is 1. The molecule has 0 aliphatic carbocycles. The second-order valence-electron chi connectivity index (χ2n) is 5.27. The zero-order chi connectivity index (χ0) is 14.7. The maximum atomic E-state index is 13.8.